The van der Waals surface area contributed by atoms with Gasteiger partial charge in [0.1, 0.15) is 5.60 Å². The summed E-state index contributed by atoms with van der Waals surface area (Å²) in [4.78, 5) is 31.1. The number of nitrogens with zero attached hydrogens (tertiary/aromatic N) is 3. The average molecular weight is 475 g/mol. The molecule has 34 heavy (non-hydrogen) atoms. The van der Waals surface area contributed by atoms with Gasteiger partial charge in [0.05, 0.1) is 0 Å². The molecule has 0 radical (unpaired) electrons. The summed E-state index contributed by atoms with van der Waals surface area (Å²) in [5, 5.41) is 11.6. The third-order valence-electron chi connectivity index (χ3n) is 6.61. The number of nitrogens with one attached hydrogen (secondary N) is 1. The van der Waals surface area contributed by atoms with E-state index in [1.165, 1.54) is 6.42 Å². The zero-order chi connectivity index (χ0) is 24.6. The molecule has 0 atom stereocenters. The van der Waals surface area contributed by atoms with Gasteiger partial charge in [-0.3, -0.25) is 9.69 Å². The fraction of sp³-hybridized carbons (Fsp3) is 0.692. The van der Waals surface area contributed by atoms with Gasteiger partial charge in [-0.15, -0.1) is 0 Å². The van der Waals surface area contributed by atoms with Crippen LogP contribution in [0, 0.1) is 5.92 Å². The SMILES string of the molecule is CC(C)(C)OC(=O)N1CCC(CCN2CCN(c3ccc(C(=O)NCCCO)cc3)CC2)CC1. The molecular formula is C26H42N4O4. The summed E-state index contributed by atoms with van der Waals surface area (Å²) < 4.78 is 5.50. The molecule has 1 aromatic carbocycles. The largest absolute Gasteiger partial charge is 0.444 e. The maximum atomic E-state index is 12.2. The Morgan fingerprint density at radius 1 is 1.03 bits per heavy atom. The van der Waals surface area contributed by atoms with Gasteiger partial charge in [-0.2, -0.15) is 0 Å². The van der Waals surface area contributed by atoms with Crippen LogP contribution in [0.2, 0.25) is 0 Å². The van der Waals surface area contributed by atoms with Crippen LogP contribution in [0.1, 0.15) is 56.8 Å². The van der Waals surface area contributed by atoms with Gasteiger partial charge in [0.15, 0.2) is 0 Å². The number of amides is 2. The third-order valence-corrected chi connectivity index (χ3v) is 6.61. The Kier molecular flexibility index (Phi) is 9.59. The zero-order valence-corrected chi connectivity index (χ0v) is 21.1. The van der Waals surface area contributed by atoms with E-state index in [1.54, 1.807) is 0 Å². The summed E-state index contributed by atoms with van der Waals surface area (Å²) in [7, 11) is 0. The van der Waals surface area contributed by atoms with Crippen LogP contribution in [-0.2, 0) is 4.74 Å². The maximum Gasteiger partial charge on any atom is 0.410 e. The minimum absolute atomic E-state index is 0.0819. The first-order valence-corrected chi connectivity index (χ1v) is 12.7. The molecule has 2 fully saturated rings. The highest BCUT2D eigenvalue weighted by molar-refractivity contribution is 5.94. The maximum absolute atomic E-state index is 12.2. The molecule has 0 saturated carbocycles. The number of carbonyl (C=O) groups is 2. The Balaban J connectivity index is 1.34. The van der Waals surface area contributed by atoms with Crippen LogP contribution in [0.5, 0.6) is 0 Å². The number of aliphatic hydroxyl groups excluding tert-OH is 1. The fourth-order valence-corrected chi connectivity index (χ4v) is 4.53. The fourth-order valence-electron chi connectivity index (χ4n) is 4.53. The van der Waals surface area contributed by atoms with Crippen LogP contribution in [0.25, 0.3) is 0 Å². The van der Waals surface area contributed by atoms with Crippen LogP contribution in [0.4, 0.5) is 10.5 Å². The summed E-state index contributed by atoms with van der Waals surface area (Å²) in [6.45, 7) is 13.1. The van der Waals surface area contributed by atoms with Gasteiger partial charge in [-0.05, 0) is 83.2 Å². The van der Waals surface area contributed by atoms with Crippen molar-refractivity contribution in [2.24, 2.45) is 5.92 Å². The molecular weight excluding hydrogens is 432 g/mol. The quantitative estimate of drug-likeness (QED) is 0.564. The summed E-state index contributed by atoms with van der Waals surface area (Å²) in [5.41, 5.74) is 1.37. The van der Waals surface area contributed by atoms with E-state index in [4.69, 9.17) is 9.84 Å². The smallest absolute Gasteiger partial charge is 0.410 e. The summed E-state index contributed by atoms with van der Waals surface area (Å²) in [6.07, 6.45) is 3.68. The van der Waals surface area contributed by atoms with Crippen molar-refractivity contribution in [1.29, 1.82) is 0 Å². The topological polar surface area (TPSA) is 85.4 Å². The van der Waals surface area contributed by atoms with Crippen molar-refractivity contribution in [3.05, 3.63) is 29.8 Å². The van der Waals surface area contributed by atoms with E-state index in [0.29, 0.717) is 24.4 Å². The Bertz CT molecular complexity index is 777. The van der Waals surface area contributed by atoms with Gasteiger partial charge in [0.2, 0.25) is 0 Å². The number of benzene rings is 1. The summed E-state index contributed by atoms with van der Waals surface area (Å²) >= 11 is 0. The van der Waals surface area contributed by atoms with Gasteiger partial charge in [-0.25, -0.2) is 4.79 Å². The summed E-state index contributed by atoms with van der Waals surface area (Å²) in [6, 6.07) is 7.80. The number of ether oxygens (including phenoxy) is 1. The molecule has 0 bridgehead atoms. The molecule has 2 saturated heterocycles. The Labute approximate surface area is 204 Å². The Hall–Kier alpha value is -2.32. The highest BCUT2D eigenvalue weighted by Gasteiger charge is 2.27. The van der Waals surface area contributed by atoms with Gasteiger partial charge < -0.3 is 25.0 Å². The molecule has 0 spiro atoms. The van der Waals surface area contributed by atoms with Crippen molar-refractivity contribution in [1.82, 2.24) is 15.1 Å². The predicted molar refractivity (Wildman–Crippen MR) is 134 cm³/mol. The van der Waals surface area contributed by atoms with Gasteiger partial charge >= 0.3 is 6.09 Å². The number of hydrogen-bond acceptors (Lipinski definition) is 6. The molecule has 2 aliphatic heterocycles. The predicted octanol–water partition coefficient (Wildman–Crippen LogP) is 2.96. The number of likely N-dealkylation sites (tertiary alicyclic amines) is 1. The summed E-state index contributed by atoms with van der Waals surface area (Å²) in [5.74, 6) is 0.578. The highest BCUT2D eigenvalue weighted by atomic mass is 16.6. The first-order valence-electron chi connectivity index (χ1n) is 12.7. The van der Waals surface area contributed by atoms with Crippen molar-refractivity contribution in [3.63, 3.8) is 0 Å². The first kappa shape index (κ1) is 26.3. The monoisotopic (exact) mass is 474 g/mol. The van der Waals surface area contributed by atoms with E-state index in [1.807, 2.05) is 49.9 Å². The van der Waals surface area contributed by atoms with Gasteiger partial charge in [-0.1, -0.05) is 0 Å². The van der Waals surface area contributed by atoms with Crippen molar-refractivity contribution < 1.29 is 19.4 Å². The van der Waals surface area contributed by atoms with E-state index in [-0.39, 0.29) is 18.6 Å². The van der Waals surface area contributed by atoms with Crippen LogP contribution in [-0.4, -0.2) is 91.5 Å². The lowest BCUT2D eigenvalue weighted by Crippen LogP contribution is -2.47. The highest BCUT2D eigenvalue weighted by Crippen LogP contribution is 2.23. The second-order valence-electron chi connectivity index (χ2n) is 10.4. The lowest BCUT2D eigenvalue weighted by Gasteiger charge is -2.38. The van der Waals surface area contributed by atoms with E-state index in [9.17, 15) is 9.59 Å². The third kappa shape index (κ3) is 8.17. The second-order valence-corrected chi connectivity index (χ2v) is 10.4. The molecule has 3 rings (SSSR count). The van der Waals surface area contributed by atoms with Crippen molar-refractivity contribution in [2.75, 3.05) is 63.9 Å². The van der Waals surface area contributed by atoms with Crippen LogP contribution in [0.3, 0.4) is 0 Å². The van der Waals surface area contributed by atoms with Crippen LogP contribution < -0.4 is 10.2 Å². The number of anilines is 1. The molecule has 8 heteroatoms. The van der Waals surface area contributed by atoms with Crippen molar-refractivity contribution in [3.8, 4) is 0 Å². The minimum Gasteiger partial charge on any atom is -0.444 e. The number of carbonyl (C=O) groups excluding carboxylic acids is 2. The zero-order valence-electron chi connectivity index (χ0n) is 21.1. The van der Waals surface area contributed by atoms with Crippen molar-refractivity contribution in [2.45, 2.75) is 52.1 Å². The number of piperazine rings is 1. The second kappa shape index (κ2) is 12.4. The molecule has 190 valence electrons. The molecule has 0 unspecified atom stereocenters. The average Bonchev–Trinajstić information content (AvgIpc) is 2.82. The first-order chi connectivity index (χ1) is 16.2. The molecule has 2 N–H and O–H groups in total. The Morgan fingerprint density at radius 3 is 2.26 bits per heavy atom. The molecule has 8 nitrogen and oxygen atoms in total. The van der Waals surface area contributed by atoms with E-state index < -0.39 is 5.60 Å². The number of rotatable bonds is 8. The molecule has 1 aromatic rings. The van der Waals surface area contributed by atoms with Crippen LogP contribution >= 0.6 is 0 Å². The number of aliphatic hydroxyl groups is 1. The van der Waals surface area contributed by atoms with Gasteiger partial charge in [0, 0.05) is 63.7 Å². The lowest BCUT2D eigenvalue weighted by atomic mass is 9.93. The molecule has 0 aliphatic carbocycles. The van der Waals surface area contributed by atoms with Gasteiger partial charge in [0.25, 0.3) is 5.91 Å². The molecule has 0 aromatic heterocycles. The van der Waals surface area contributed by atoms with E-state index in [0.717, 1.165) is 64.3 Å². The molecule has 2 heterocycles. The van der Waals surface area contributed by atoms with E-state index >= 15 is 0 Å². The lowest BCUT2D eigenvalue weighted by molar-refractivity contribution is 0.0177. The Morgan fingerprint density at radius 2 is 1.68 bits per heavy atom. The van der Waals surface area contributed by atoms with E-state index in [2.05, 4.69) is 15.1 Å². The van der Waals surface area contributed by atoms with Crippen molar-refractivity contribution >= 4 is 17.7 Å². The normalized spacial score (nSPS) is 18.1. The number of piperidine rings is 1. The molecule has 2 aliphatic rings. The molecule has 2 amide bonds. The minimum atomic E-state index is -0.437. The van der Waals surface area contributed by atoms with Crippen LogP contribution in [0.15, 0.2) is 24.3 Å². The standard InChI is InChI=1S/C26H42N4O4/c1-26(2,3)34-25(33)30-14-10-21(11-15-30)9-13-28-16-18-29(19-17-28)23-7-5-22(6-8-23)24(32)27-12-4-20-31/h5-8,21,31H,4,9-20H2,1-3H3,(H,27,32). The number of hydrogen-bond donors (Lipinski definition) is 2.